The van der Waals surface area contributed by atoms with Gasteiger partial charge in [-0.25, -0.2) is 14.2 Å². The van der Waals surface area contributed by atoms with E-state index in [1.54, 1.807) is 10.9 Å². The van der Waals surface area contributed by atoms with Crippen LogP contribution in [0.1, 0.15) is 40.4 Å². The number of aromatic nitrogens is 2. The molecule has 0 unspecified atom stereocenters. The van der Waals surface area contributed by atoms with Crippen LogP contribution >= 0.6 is 0 Å². The zero-order chi connectivity index (χ0) is 18.1. The molecule has 1 N–H and O–H groups in total. The molecule has 0 spiro atoms. The normalized spacial score (nSPS) is 13.6. The van der Waals surface area contributed by atoms with Gasteiger partial charge in [-0.2, -0.15) is 0 Å². The molecule has 0 bridgehead atoms. The van der Waals surface area contributed by atoms with Gasteiger partial charge in [-0.3, -0.25) is 0 Å². The van der Waals surface area contributed by atoms with Gasteiger partial charge in [0.25, 0.3) is 0 Å². The molecule has 5 nitrogen and oxygen atoms in total. The van der Waals surface area contributed by atoms with Gasteiger partial charge < -0.3 is 14.4 Å². The largest absolute Gasteiger partial charge is 0.487 e. The van der Waals surface area contributed by atoms with Crippen molar-refractivity contribution in [3.63, 3.8) is 0 Å². The third kappa shape index (κ3) is 3.31. The summed E-state index contributed by atoms with van der Waals surface area (Å²) >= 11 is 0. The smallest absolute Gasteiger partial charge is 0.338 e. The van der Waals surface area contributed by atoms with Crippen LogP contribution in [0.15, 0.2) is 55.0 Å². The molecule has 132 valence electrons. The van der Waals surface area contributed by atoms with Gasteiger partial charge in [-0.15, -0.1) is 0 Å². The first-order valence-corrected chi connectivity index (χ1v) is 8.39. The molecule has 1 aromatic heterocycles. The van der Waals surface area contributed by atoms with Crippen LogP contribution in [-0.4, -0.2) is 20.6 Å². The van der Waals surface area contributed by atoms with Gasteiger partial charge in [0, 0.05) is 18.2 Å². The van der Waals surface area contributed by atoms with E-state index in [-0.39, 0.29) is 12.4 Å². The topological polar surface area (TPSA) is 64.3 Å². The molecule has 6 heteroatoms. The Morgan fingerprint density at radius 3 is 2.73 bits per heavy atom. The van der Waals surface area contributed by atoms with E-state index >= 15 is 0 Å². The van der Waals surface area contributed by atoms with Crippen molar-refractivity contribution in [2.45, 2.75) is 25.4 Å². The molecule has 0 radical (unpaired) electrons. The van der Waals surface area contributed by atoms with Crippen molar-refractivity contribution in [2.24, 2.45) is 0 Å². The molecule has 1 fully saturated rings. The van der Waals surface area contributed by atoms with E-state index in [0.717, 1.165) is 30.2 Å². The van der Waals surface area contributed by atoms with Crippen LogP contribution in [0.25, 0.3) is 5.69 Å². The number of benzene rings is 2. The fraction of sp³-hybridized carbons (Fsp3) is 0.200. The summed E-state index contributed by atoms with van der Waals surface area (Å²) in [6, 6.07) is 11.9. The van der Waals surface area contributed by atoms with Gasteiger partial charge in [-0.05, 0) is 24.5 Å². The SMILES string of the molecule is O=C(O)c1cc(-n2cnc(C3CC3)c2)c(OCc2ccccc2)cc1F. The number of nitrogens with zero attached hydrogens (tertiary/aromatic N) is 2. The number of ether oxygens (including phenoxy) is 1. The van der Waals surface area contributed by atoms with E-state index in [2.05, 4.69) is 4.98 Å². The first-order valence-electron chi connectivity index (χ1n) is 8.39. The van der Waals surface area contributed by atoms with E-state index in [4.69, 9.17) is 4.74 Å². The average molecular weight is 352 g/mol. The van der Waals surface area contributed by atoms with Crippen LogP contribution < -0.4 is 4.74 Å². The molecule has 0 amide bonds. The highest BCUT2D eigenvalue weighted by molar-refractivity contribution is 5.89. The van der Waals surface area contributed by atoms with Crippen LogP contribution in [0.3, 0.4) is 0 Å². The summed E-state index contributed by atoms with van der Waals surface area (Å²) in [7, 11) is 0. The molecular formula is C20H17FN2O3. The number of aromatic carboxylic acids is 1. The van der Waals surface area contributed by atoms with Crippen LogP contribution in [0.2, 0.25) is 0 Å². The Kier molecular flexibility index (Phi) is 4.16. The predicted octanol–water partition coefficient (Wildman–Crippen LogP) is 4.17. The lowest BCUT2D eigenvalue weighted by Gasteiger charge is -2.14. The second-order valence-electron chi connectivity index (χ2n) is 6.36. The van der Waals surface area contributed by atoms with E-state index in [1.165, 1.54) is 6.07 Å². The fourth-order valence-electron chi connectivity index (χ4n) is 2.82. The Hall–Kier alpha value is -3.15. The third-order valence-corrected chi connectivity index (χ3v) is 4.39. The molecule has 0 saturated heterocycles. The average Bonchev–Trinajstić information content (AvgIpc) is 3.38. The number of halogens is 1. The fourth-order valence-corrected chi connectivity index (χ4v) is 2.82. The van der Waals surface area contributed by atoms with Crippen molar-refractivity contribution >= 4 is 5.97 Å². The lowest BCUT2D eigenvalue weighted by molar-refractivity contribution is 0.0691. The molecule has 1 heterocycles. The zero-order valence-electron chi connectivity index (χ0n) is 13.9. The van der Waals surface area contributed by atoms with Crippen molar-refractivity contribution in [2.75, 3.05) is 0 Å². The molecule has 1 aliphatic rings. The highest BCUT2D eigenvalue weighted by Gasteiger charge is 2.26. The molecule has 2 aromatic carbocycles. The van der Waals surface area contributed by atoms with Gasteiger partial charge >= 0.3 is 5.97 Å². The first kappa shape index (κ1) is 16.3. The van der Waals surface area contributed by atoms with Crippen molar-refractivity contribution in [3.8, 4) is 11.4 Å². The number of rotatable bonds is 6. The van der Waals surface area contributed by atoms with Crippen LogP contribution in [0.4, 0.5) is 4.39 Å². The lowest BCUT2D eigenvalue weighted by Crippen LogP contribution is -2.06. The molecule has 1 saturated carbocycles. The zero-order valence-corrected chi connectivity index (χ0v) is 13.9. The predicted molar refractivity (Wildman–Crippen MR) is 93.2 cm³/mol. The van der Waals surface area contributed by atoms with E-state index < -0.39 is 17.3 Å². The summed E-state index contributed by atoms with van der Waals surface area (Å²) in [5.41, 5.74) is 1.96. The number of carboxylic acids is 1. The summed E-state index contributed by atoms with van der Waals surface area (Å²) in [5, 5.41) is 9.23. The van der Waals surface area contributed by atoms with Crippen LogP contribution in [0.5, 0.6) is 5.75 Å². The van der Waals surface area contributed by atoms with Crippen molar-refractivity contribution in [1.29, 1.82) is 0 Å². The summed E-state index contributed by atoms with van der Waals surface area (Å²) in [6.07, 6.45) is 5.68. The monoisotopic (exact) mass is 352 g/mol. The quantitative estimate of drug-likeness (QED) is 0.723. The second-order valence-corrected chi connectivity index (χ2v) is 6.36. The molecule has 0 aliphatic heterocycles. The Labute approximate surface area is 149 Å². The minimum absolute atomic E-state index is 0.254. The van der Waals surface area contributed by atoms with E-state index in [0.29, 0.717) is 11.6 Å². The molecule has 1 aliphatic carbocycles. The Morgan fingerprint density at radius 1 is 1.27 bits per heavy atom. The van der Waals surface area contributed by atoms with E-state index in [9.17, 15) is 14.3 Å². The number of carbonyl (C=O) groups is 1. The highest BCUT2D eigenvalue weighted by Crippen LogP contribution is 2.39. The number of imidazole rings is 1. The van der Waals surface area contributed by atoms with Crippen molar-refractivity contribution in [1.82, 2.24) is 9.55 Å². The highest BCUT2D eigenvalue weighted by atomic mass is 19.1. The molecule has 4 rings (SSSR count). The lowest BCUT2D eigenvalue weighted by atomic mass is 10.1. The summed E-state index contributed by atoms with van der Waals surface area (Å²) < 4.78 is 21.7. The number of carboxylic acid groups (broad SMARTS) is 1. The summed E-state index contributed by atoms with van der Waals surface area (Å²) in [5.74, 6) is -1.41. The maximum absolute atomic E-state index is 14.2. The maximum Gasteiger partial charge on any atom is 0.338 e. The molecule has 26 heavy (non-hydrogen) atoms. The maximum atomic E-state index is 14.2. The molecule has 0 atom stereocenters. The number of hydrogen-bond donors (Lipinski definition) is 1. The van der Waals surface area contributed by atoms with Crippen LogP contribution in [0, 0.1) is 5.82 Å². The Bertz CT molecular complexity index is 949. The van der Waals surface area contributed by atoms with Crippen LogP contribution in [-0.2, 0) is 6.61 Å². The van der Waals surface area contributed by atoms with Gasteiger partial charge in [0.05, 0.1) is 23.3 Å². The van der Waals surface area contributed by atoms with Gasteiger partial charge in [-0.1, -0.05) is 30.3 Å². The number of hydrogen-bond acceptors (Lipinski definition) is 3. The summed E-state index contributed by atoms with van der Waals surface area (Å²) in [4.78, 5) is 15.7. The second kappa shape index (κ2) is 6.63. The molecule has 3 aromatic rings. The third-order valence-electron chi connectivity index (χ3n) is 4.39. The Morgan fingerprint density at radius 2 is 2.04 bits per heavy atom. The molecular weight excluding hydrogens is 335 g/mol. The minimum Gasteiger partial charge on any atom is -0.487 e. The van der Waals surface area contributed by atoms with Gasteiger partial charge in [0.1, 0.15) is 18.2 Å². The van der Waals surface area contributed by atoms with Gasteiger partial charge in [0.2, 0.25) is 0 Å². The van der Waals surface area contributed by atoms with Crippen molar-refractivity contribution in [3.05, 3.63) is 77.6 Å². The summed E-state index contributed by atoms with van der Waals surface area (Å²) in [6.45, 7) is 0.254. The first-order chi connectivity index (χ1) is 12.6. The van der Waals surface area contributed by atoms with Crippen molar-refractivity contribution < 1.29 is 19.0 Å². The van der Waals surface area contributed by atoms with E-state index in [1.807, 2.05) is 36.5 Å². The van der Waals surface area contributed by atoms with Gasteiger partial charge in [0.15, 0.2) is 0 Å². The Balaban J connectivity index is 1.70. The standard InChI is InChI=1S/C20H17FN2O3/c21-16-9-19(26-11-13-4-2-1-3-5-13)18(8-15(16)20(24)25)23-10-17(22-12-23)14-6-7-14/h1-5,8-10,12,14H,6-7,11H2,(H,24,25). The minimum atomic E-state index is -1.32.